The third-order valence-electron chi connectivity index (χ3n) is 2.86. The Kier molecular flexibility index (Phi) is 3.64. The van der Waals surface area contributed by atoms with Gasteiger partial charge in [-0.15, -0.1) is 11.3 Å². The van der Waals surface area contributed by atoms with E-state index < -0.39 is 6.10 Å². The Bertz CT molecular complexity index is 501. The van der Waals surface area contributed by atoms with Crippen LogP contribution in [0.2, 0.25) is 0 Å². The minimum absolute atomic E-state index is 0.421. The molecule has 0 saturated carbocycles. The van der Waals surface area contributed by atoms with Crippen LogP contribution in [0.1, 0.15) is 34.2 Å². The summed E-state index contributed by atoms with van der Waals surface area (Å²) in [5.41, 5.74) is 2.07. The van der Waals surface area contributed by atoms with Crippen LogP contribution in [0, 0.1) is 6.92 Å². The Balaban J connectivity index is 2.10. The van der Waals surface area contributed by atoms with Gasteiger partial charge in [0.2, 0.25) is 0 Å². The van der Waals surface area contributed by atoms with Crippen molar-refractivity contribution in [1.29, 1.82) is 0 Å². The molecule has 0 aliphatic carbocycles. The molecular weight excluding hydrogens is 232 g/mol. The number of aromatic nitrogens is 2. The fourth-order valence-corrected chi connectivity index (χ4v) is 2.86. The lowest BCUT2D eigenvalue weighted by molar-refractivity contribution is 0.179. The minimum atomic E-state index is -0.421. The van der Waals surface area contributed by atoms with Crippen molar-refractivity contribution in [1.82, 2.24) is 9.78 Å². The molecule has 2 heterocycles. The van der Waals surface area contributed by atoms with Crippen molar-refractivity contribution in [3.63, 3.8) is 0 Å². The monoisotopic (exact) mass is 250 g/mol. The van der Waals surface area contributed by atoms with Gasteiger partial charge in [0.25, 0.3) is 0 Å². The maximum Gasteiger partial charge on any atom is 0.0937 e. The van der Waals surface area contributed by atoms with E-state index in [2.05, 4.69) is 18.1 Å². The van der Waals surface area contributed by atoms with Crippen molar-refractivity contribution in [2.75, 3.05) is 0 Å². The molecule has 1 unspecified atom stereocenters. The van der Waals surface area contributed by atoms with Crippen LogP contribution in [0.15, 0.2) is 18.2 Å². The summed E-state index contributed by atoms with van der Waals surface area (Å²) < 4.78 is 1.84. The number of thiophene rings is 1. The second-order valence-corrected chi connectivity index (χ2v) is 5.48. The van der Waals surface area contributed by atoms with Gasteiger partial charge in [0, 0.05) is 28.9 Å². The molecule has 0 bridgehead atoms. The number of aliphatic hydroxyl groups excluding tert-OH is 1. The molecule has 2 aromatic heterocycles. The lowest BCUT2D eigenvalue weighted by Crippen LogP contribution is -2.05. The standard InChI is InChI=1S/C13H18N2OS/c1-4-11-5-6-13(17-11)12(16)8-10-7-9(2)14-15(10)3/h5-7,12,16H,4,8H2,1-3H3. The molecule has 1 N–H and O–H groups in total. The van der Waals surface area contributed by atoms with Gasteiger partial charge in [0.15, 0.2) is 0 Å². The smallest absolute Gasteiger partial charge is 0.0937 e. The molecule has 3 nitrogen and oxygen atoms in total. The molecule has 0 saturated heterocycles. The van der Waals surface area contributed by atoms with Crippen molar-refractivity contribution in [2.24, 2.45) is 7.05 Å². The Morgan fingerprint density at radius 3 is 2.76 bits per heavy atom. The first-order chi connectivity index (χ1) is 8.10. The number of hydrogen-bond donors (Lipinski definition) is 1. The van der Waals surface area contributed by atoms with Crippen LogP contribution in [0.25, 0.3) is 0 Å². The van der Waals surface area contributed by atoms with Gasteiger partial charge in [0.05, 0.1) is 11.8 Å². The summed E-state index contributed by atoms with van der Waals surface area (Å²) >= 11 is 1.69. The molecule has 2 rings (SSSR count). The zero-order chi connectivity index (χ0) is 12.4. The molecule has 0 aromatic carbocycles. The zero-order valence-electron chi connectivity index (χ0n) is 10.5. The second kappa shape index (κ2) is 5.02. The quantitative estimate of drug-likeness (QED) is 0.906. The average molecular weight is 250 g/mol. The van der Waals surface area contributed by atoms with Crippen LogP contribution in [0.5, 0.6) is 0 Å². The van der Waals surface area contributed by atoms with Crippen LogP contribution < -0.4 is 0 Å². The second-order valence-electron chi connectivity index (χ2n) is 4.28. The molecule has 0 radical (unpaired) electrons. The van der Waals surface area contributed by atoms with E-state index in [1.807, 2.05) is 30.8 Å². The summed E-state index contributed by atoms with van der Waals surface area (Å²) in [6.45, 7) is 4.10. The predicted octanol–water partition coefficient (Wildman–Crippen LogP) is 2.63. The highest BCUT2D eigenvalue weighted by molar-refractivity contribution is 7.12. The molecule has 2 aromatic rings. The number of nitrogens with zero attached hydrogens (tertiary/aromatic N) is 2. The Hall–Kier alpha value is -1.13. The van der Waals surface area contributed by atoms with E-state index in [0.717, 1.165) is 22.7 Å². The van der Waals surface area contributed by atoms with Crippen LogP contribution in [-0.2, 0) is 19.9 Å². The molecule has 0 amide bonds. The van der Waals surface area contributed by atoms with E-state index in [0.29, 0.717) is 6.42 Å². The van der Waals surface area contributed by atoms with E-state index in [9.17, 15) is 5.11 Å². The topological polar surface area (TPSA) is 38.1 Å². The molecule has 1 atom stereocenters. The van der Waals surface area contributed by atoms with E-state index in [4.69, 9.17) is 0 Å². The van der Waals surface area contributed by atoms with Crippen molar-refractivity contribution in [2.45, 2.75) is 32.8 Å². The maximum atomic E-state index is 10.2. The third kappa shape index (κ3) is 2.76. The van der Waals surface area contributed by atoms with Gasteiger partial charge in [-0.3, -0.25) is 4.68 Å². The molecular formula is C13H18N2OS. The Morgan fingerprint density at radius 1 is 1.47 bits per heavy atom. The first kappa shape index (κ1) is 12.3. The van der Waals surface area contributed by atoms with Crippen molar-refractivity contribution in [3.8, 4) is 0 Å². The van der Waals surface area contributed by atoms with E-state index in [-0.39, 0.29) is 0 Å². The van der Waals surface area contributed by atoms with Crippen LogP contribution in [-0.4, -0.2) is 14.9 Å². The maximum absolute atomic E-state index is 10.2. The van der Waals surface area contributed by atoms with E-state index in [1.165, 1.54) is 4.88 Å². The van der Waals surface area contributed by atoms with E-state index >= 15 is 0 Å². The number of aryl methyl sites for hydroxylation is 3. The summed E-state index contributed by atoms with van der Waals surface area (Å²) in [6.07, 6.45) is 1.23. The molecule has 17 heavy (non-hydrogen) atoms. The van der Waals surface area contributed by atoms with Crippen molar-refractivity contribution >= 4 is 11.3 Å². The summed E-state index contributed by atoms with van der Waals surface area (Å²) in [5, 5.41) is 14.5. The Morgan fingerprint density at radius 2 is 2.24 bits per heavy atom. The fraction of sp³-hybridized carbons (Fsp3) is 0.462. The Labute approximate surface area is 106 Å². The third-order valence-corrected chi connectivity index (χ3v) is 4.19. The molecule has 0 spiro atoms. The van der Waals surface area contributed by atoms with Gasteiger partial charge >= 0.3 is 0 Å². The van der Waals surface area contributed by atoms with Crippen LogP contribution in [0.3, 0.4) is 0 Å². The van der Waals surface area contributed by atoms with Crippen LogP contribution >= 0.6 is 11.3 Å². The predicted molar refractivity (Wildman–Crippen MR) is 70.3 cm³/mol. The molecule has 0 aliphatic heterocycles. The number of hydrogen-bond acceptors (Lipinski definition) is 3. The SMILES string of the molecule is CCc1ccc(C(O)Cc2cc(C)nn2C)s1. The summed E-state index contributed by atoms with van der Waals surface area (Å²) in [4.78, 5) is 2.36. The number of aliphatic hydroxyl groups is 1. The fourth-order valence-electron chi connectivity index (χ4n) is 1.92. The summed E-state index contributed by atoms with van der Waals surface area (Å²) in [5.74, 6) is 0. The minimum Gasteiger partial charge on any atom is -0.387 e. The van der Waals surface area contributed by atoms with Crippen molar-refractivity contribution < 1.29 is 5.11 Å². The molecule has 92 valence electrons. The highest BCUT2D eigenvalue weighted by Crippen LogP contribution is 2.26. The van der Waals surface area contributed by atoms with Gasteiger partial charge in [-0.1, -0.05) is 6.92 Å². The summed E-state index contributed by atoms with van der Waals surface area (Å²) in [7, 11) is 1.92. The van der Waals surface area contributed by atoms with Crippen LogP contribution in [0.4, 0.5) is 0 Å². The molecule has 4 heteroatoms. The number of rotatable bonds is 4. The van der Waals surface area contributed by atoms with Gasteiger partial charge in [-0.25, -0.2) is 0 Å². The first-order valence-electron chi connectivity index (χ1n) is 5.86. The van der Waals surface area contributed by atoms with Gasteiger partial charge in [-0.2, -0.15) is 5.10 Å². The zero-order valence-corrected chi connectivity index (χ0v) is 11.3. The lowest BCUT2D eigenvalue weighted by Gasteiger charge is -2.08. The van der Waals surface area contributed by atoms with E-state index in [1.54, 1.807) is 11.3 Å². The lowest BCUT2D eigenvalue weighted by atomic mass is 10.1. The largest absolute Gasteiger partial charge is 0.387 e. The molecule has 0 fully saturated rings. The summed E-state index contributed by atoms with van der Waals surface area (Å²) in [6, 6.07) is 6.15. The highest BCUT2D eigenvalue weighted by Gasteiger charge is 2.13. The normalized spacial score (nSPS) is 12.9. The first-order valence-corrected chi connectivity index (χ1v) is 6.68. The van der Waals surface area contributed by atoms with Gasteiger partial charge in [-0.05, 0) is 31.5 Å². The molecule has 0 aliphatic rings. The van der Waals surface area contributed by atoms with Crippen molar-refractivity contribution in [3.05, 3.63) is 39.3 Å². The van der Waals surface area contributed by atoms with Gasteiger partial charge < -0.3 is 5.11 Å². The average Bonchev–Trinajstić information content (AvgIpc) is 2.86. The van der Waals surface area contributed by atoms with Gasteiger partial charge in [0.1, 0.15) is 0 Å². The highest BCUT2D eigenvalue weighted by atomic mass is 32.1.